The molecule has 0 aliphatic carbocycles. The van der Waals surface area contributed by atoms with Crippen molar-refractivity contribution in [3.63, 3.8) is 0 Å². The van der Waals surface area contributed by atoms with Gasteiger partial charge in [-0.05, 0) is 69.0 Å². The van der Waals surface area contributed by atoms with E-state index in [-0.39, 0.29) is 18.1 Å². The van der Waals surface area contributed by atoms with Gasteiger partial charge in [0, 0.05) is 22.9 Å². The lowest BCUT2D eigenvalue weighted by Gasteiger charge is -2.10. The zero-order valence-corrected chi connectivity index (χ0v) is 18.0. The molecule has 6 heteroatoms. The number of carbonyl (C=O) groups excluding carboxylic acids is 1. The maximum atomic E-state index is 13.0. The van der Waals surface area contributed by atoms with Gasteiger partial charge in [-0.3, -0.25) is 4.79 Å². The van der Waals surface area contributed by atoms with Gasteiger partial charge in [0.2, 0.25) is 5.91 Å². The number of furan rings is 1. The summed E-state index contributed by atoms with van der Waals surface area (Å²) in [6.07, 6.45) is 0.516. The summed E-state index contributed by atoms with van der Waals surface area (Å²) < 4.78 is 24.5. The van der Waals surface area contributed by atoms with Crippen LogP contribution in [0.1, 0.15) is 33.6 Å². The molecular formula is C25H24FNO4. The summed E-state index contributed by atoms with van der Waals surface area (Å²) in [5, 5.41) is 4.61. The molecule has 0 fully saturated rings. The van der Waals surface area contributed by atoms with Crippen LogP contribution in [-0.2, 0) is 17.6 Å². The van der Waals surface area contributed by atoms with E-state index in [0.717, 1.165) is 44.4 Å². The first-order valence-corrected chi connectivity index (χ1v) is 10.2. The number of amides is 1. The van der Waals surface area contributed by atoms with E-state index in [1.165, 1.54) is 12.1 Å². The molecular weight excluding hydrogens is 397 g/mol. The van der Waals surface area contributed by atoms with E-state index in [2.05, 4.69) is 5.32 Å². The molecule has 2 aromatic heterocycles. The molecule has 0 atom stereocenters. The summed E-state index contributed by atoms with van der Waals surface area (Å²) in [5.74, 6) is 0.277. The smallest absolute Gasteiger partial charge is 0.340 e. The topological polar surface area (TPSA) is 72.5 Å². The molecule has 0 spiro atoms. The first-order chi connectivity index (χ1) is 14.8. The molecule has 0 saturated heterocycles. The van der Waals surface area contributed by atoms with Gasteiger partial charge in [0.05, 0.1) is 12.0 Å². The number of halogens is 1. The predicted molar refractivity (Wildman–Crippen MR) is 118 cm³/mol. The highest BCUT2D eigenvalue weighted by atomic mass is 19.1. The Morgan fingerprint density at radius 3 is 2.29 bits per heavy atom. The first-order valence-electron chi connectivity index (χ1n) is 10.2. The van der Waals surface area contributed by atoms with E-state index in [4.69, 9.17) is 8.83 Å². The number of hydrogen-bond donors (Lipinski definition) is 1. The van der Waals surface area contributed by atoms with E-state index in [9.17, 15) is 14.0 Å². The van der Waals surface area contributed by atoms with Crippen LogP contribution in [0.5, 0.6) is 0 Å². The van der Waals surface area contributed by atoms with E-state index in [1.54, 1.807) is 12.1 Å². The van der Waals surface area contributed by atoms with Crippen LogP contribution in [-0.4, -0.2) is 12.5 Å². The van der Waals surface area contributed by atoms with Crippen molar-refractivity contribution < 1.29 is 18.0 Å². The zero-order chi connectivity index (χ0) is 22.3. The maximum absolute atomic E-state index is 13.0. The van der Waals surface area contributed by atoms with Gasteiger partial charge in [0.25, 0.3) is 0 Å². The third-order valence-corrected chi connectivity index (χ3v) is 5.93. The number of hydrogen-bond acceptors (Lipinski definition) is 4. The van der Waals surface area contributed by atoms with Gasteiger partial charge in [-0.1, -0.05) is 12.1 Å². The SMILES string of the molecule is Cc1oc2c(C)c3oc(=O)c(CC(=O)NCCc4ccc(F)cc4)c(C)c3cc2c1C. The number of rotatable bonds is 5. The first kappa shape index (κ1) is 20.8. The van der Waals surface area contributed by atoms with Crippen LogP contribution in [0.2, 0.25) is 0 Å². The quantitative estimate of drug-likeness (QED) is 0.469. The van der Waals surface area contributed by atoms with Crippen molar-refractivity contribution in [1.29, 1.82) is 0 Å². The van der Waals surface area contributed by atoms with Gasteiger partial charge in [-0.15, -0.1) is 0 Å². The lowest BCUT2D eigenvalue weighted by atomic mass is 9.98. The summed E-state index contributed by atoms with van der Waals surface area (Å²) in [7, 11) is 0. The molecule has 5 nitrogen and oxygen atoms in total. The fourth-order valence-electron chi connectivity index (χ4n) is 3.92. The fourth-order valence-corrected chi connectivity index (χ4v) is 3.92. The average molecular weight is 421 g/mol. The maximum Gasteiger partial charge on any atom is 0.340 e. The van der Waals surface area contributed by atoms with Crippen LogP contribution >= 0.6 is 0 Å². The molecule has 1 N–H and O–H groups in total. The molecule has 4 aromatic rings. The number of aryl methyl sites for hydroxylation is 4. The molecule has 0 radical (unpaired) electrons. The number of carbonyl (C=O) groups is 1. The lowest BCUT2D eigenvalue weighted by Crippen LogP contribution is -2.29. The normalized spacial score (nSPS) is 11.4. The summed E-state index contributed by atoms with van der Waals surface area (Å²) in [5.41, 5.74) is 4.53. The Kier molecular flexibility index (Phi) is 5.39. The molecule has 1 amide bonds. The van der Waals surface area contributed by atoms with Crippen LogP contribution in [0.3, 0.4) is 0 Å². The minimum Gasteiger partial charge on any atom is -0.461 e. The minimum absolute atomic E-state index is 0.0615. The number of fused-ring (bicyclic) bond motifs is 2. The molecule has 0 aliphatic heterocycles. The van der Waals surface area contributed by atoms with Crippen molar-refractivity contribution in [1.82, 2.24) is 5.32 Å². The largest absolute Gasteiger partial charge is 0.461 e. The van der Waals surface area contributed by atoms with Crippen molar-refractivity contribution in [2.24, 2.45) is 0 Å². The number of nitrogens with one attached hydrogen (secondary N) is 1. The van der Waals surface area contributed by atoms with Crippen LogP contribution in [0.25, 0.3) is 21.9 Å². The molecule has 160 valence electrons. The molecule has 2 aromatic carbocycles. The predicted octanol–water partition coefficient (Wildman–Crippen LogP) is 4.81. The monoisotopic (exact) mass is 421 g/mol. The second kappa shape index (κ2) is 8.02. The standard InChI is InChI=1S/C25H24FNO4/c1-13-16(4)30-23-15(3)24-20(11-19(13)23)14(2)21(25(29)31-24)12-22(28)27-10-9-17-5-7-18(26)8-6-17/h5-8,11H,9-10,12H2,1-4H3,(H,27,28). The van der Waals surface area contributed by atoms with Gasteiger partial charge in [0.1, 0.15) is 22.7 Å². The summed E-state index contributed by atoms with van der Waals surface area (Å²) in [6, 6.07) is 8.13. The van der Waals surface area contributed by atoms with E-state index >= 15 is 0 Å². The van der Waals surface area contributed by atoms with Crippen LogP contribution in [0.4, 0.5) is 4.39 Å². The average Bonchev–Trinajstić information content (AvgIpc) is 3.02. The Labute approximate surface area is 178 Å². The molecule has 0 aliphatic rings. The number of benzene rings is 2. The van der Waals surface area contributed by atoms with E-state index in [1.807, 2.05) is 33.8 Å². The Morgan fingerprint density at radius 1 is 0.935 bits per heavy atom. The zero-order valence-electron chi connectivity index (χ0n) is 18.0. The Morgan fingerprint density at radius 2 is 1.58 bits per heavy atom. The van der Waals surface area contributed by atoms with Gasteiger partial charge in [0.15, 0.2) is 0 Å². The van der Waals surface area contributed by atoms with Crippen LogP contribution in [0.15, 0.2) is 44.0 Å². The summed E-state index contributed by atoms with van der Waals surface area (Å²) >= 11 is 0. The third-order valence-electron chi connectivity index (χ3n) is 5.93. The molecule has 4 rings (SSSR count). The minimum atomic E-state index is -0.513. The highest BCUT2D eigenvalue weighted by molar-refractivity contribution is 6.00. The summed E-state index contributed by atoms with van der Waals surface area (Å²) in [4.78, 5) is 25.1. The highest BCUT2D eigenvalue weighted by Gasteiger charge is 2.20. The van der Waals surface area contributed by atoms with Crippen LogP contribution in [0, 0.1) is 33.5 Å². The van der Waals surface area contributed by atoms with Gasteiger partial charge >= 0.3 is 5.63 Å². The summed E-state index contributed by atoms with van der Waals surface area (Å²) in [6.45, 7) is 8.02. The highest BCUT2D eigenvalue weighted by Crippen LogP contribution is 2.34. The van der Waals surface area contributed by atoms with Crippen molar-refractivity contribution >= 4 is 27.8 Å². The molecule has 0 saturated carbocycles. The lowest BCUT2D eigenvalue weighted by molar-refractivity contribution is -0.120. The molecule has 31 heavy (non-hydrogen) atoms. The Hall–Kier alpha value is -3.41. The van der Waals surface area contributed by atoms with Gasteiger partial charge < -0.3 is 14.2 Å². The second-order valence-corrected chi connectivity index (χ2v) is 7.93. The Bertz CT molecular complexity index is 1360. The Balaban J connectivity index is 1.59. The van der Waals surface area contributed by atoms with Crippen molar-refractivity contribution in [2.45, 2.75) is 40.5 Å². The van der Waals surface area contributed by atoms with E-state index in [0.29, 0.717) is 24.1 Å². The molecule has 2 heterocycles. The van der Waals surface area contributed by atoms with Crippen LogP contribution < -0.4 is 10.9 Å². The van der Waals surface area contributed by atoms with Crippen molar-refractivity contribution in [3.05, 3.63) is 80.1 Å². The molecule has 0 unspecified atom stereocenters. The van der Waals surface area contributed by atoms with E-state index < -0.39 is 5.63 Å². The third kappa shape index (κ3) is 3.85. The van der Waals surface area contributed by atoms with Crippen molar-refractivity contribution in [2.75, 3.05) is 6.54 Å². The second-order valence-electron chi connectivity index (χ2n) is 7.93. The van der Waals surface area contributed by atoms with Gasteiger partial charge in [-0.25, -0.2) is 9.18 Å². The van der Waals surface area contributed by atoms with Gasteiger partial charge in [-0.2, -0.15) is 0 Å². The van der Waals surface area contributed by atoms with Crippen molar-refractivity contribution in [3.8, 4) is 0 Å². The molecule has 0 bridgehead atoms. The fraction of sp³-hybridized carbons (Fsp3) is 0.280.